The fraction of sp³-hybridized carbons (Fsp3) is 0.233. The second kappa shape index (κ2) is 12.9. The summed E-state index contributed by atoms with van der Waals surface area (Å²) in [5, 5.41) is 5.22. The predicted molar refractivity (Wildman–Crippen MR) is 162 cm³/mol. The van der Waals surface area contributed by atoms with Crippen LogP contribution in [0, 0.1) is 11.6 Å². The van der Waals surface area contributed by atoms with E-state index in [2.05, 4.69) is 20.3 Å². The van der Waals surface area contributed by atoms with Gasteiger partial charge in [0.1, 0.15) is 18.2 Å². The van der Waals surface area contributed by atoms with E-state index in [9.17, 15) is 17.2 Å². The highest BCUT2D eigenvalue weighted by Crippen LogP contribution is 2.37. The average Bonchev–Trinajstić information content (AvgIpc) is 3.00. The van der Waals surface area contributed by atoms with Gasteiger partial charge in [0.25, 0.3) is 10.1 Å². The van der Waals surface area contributed by atoms with E-state index in [1.54, 1.807) is 38.7 Å². The predicted octanol–water partition coefficient (Wildman–Crippen LogP) is 4.19. The topological polar surface area (TPSA) is 159 Å². The second-order valence-corrected chi connectivity index (χ2v) is 11.5. The third kappa shape index (κ3) is 7.10. The van der Waals surface area contributed by atoms with Crippen molar-refractivity contribution in [2.45, 2.75) is 12.5 Å². The fourth-order valence-corrected chi connectivity index (χ4v) is 5.15. The number of nitrogens with one attached hydrogen (secondary N) is 1. The van der Waals surface area contributed by atoms with Crippen LogP contribution in [-0.2, 0) is 16.5 Å². The molecule has 5 rings (SSSR count). The van der Waals surface area contributed by atoms with Crippen LogP contribution in [0.15, 0.2) is 61.1 Å². The molecule has 0 saturated carbocycles. The van der Waals surface area contributed by atoms with E-state index < -0.39 is 33.5 Å². The molecule has 0 bridgehead atoms. The number of halogens is 2. The lowest BCUT2D eigenvalue weighted by molar-refractivity contribution is 0.264. The molecular formula is C30H29F2N5O6S. The van der Waals surface area contributed by atoms with Crippen LogP contribution in [0.3, 0.4) is 0 Å². The Morgan fingerprint density at radius 1 is 0.955 bits per heavy atom. The summed E-state index contributed by atoms with van der Waals surface area (Å²) in [6, 6.07) is 10.2. The van der Waals surface area contributed by atoms with E-state index >= 15 is 0 Å². The zero-order valence-corrected chi connectivity index (χ0v) is 24.6. The number of benzene rings is 2. The van der Waals surface area contributed by atoms with Crippen molar-refractivity contribution in [2.75, 3.05) is 38.9 Å². The Bertz CT molecular complexity index is 1940. The van der Waals surface area contributed by atoms with Crippen molar-refractivity contribution < 1.29 is 36.0 Å². The first kappa shape index (κ1) is 30.8. The number of pyridine rings is 3. The molecule has 11 nitrogen and oxygen atoms in total. The molecule has 2 aromatic carbocycles. The number of aromatic nitrogens is 3. The molecule has 0 aliphatic carbocycles. The molecule has 0 spiro atoms. The summed E-state index contributed by atoms with van der Waals surface area (Å²) in [4.78, 5) is 13.3. The summed E-state index contributed by atoms with van der Waals surface area (Å²) in [5.41, 5.74) is 8.62. The van der Waals surface area contributed by atoms with Gasteiger partial charge in [0, 0.05) is 47.4 Å². The maximum absolute atomic E-state index is 13.8. The number of methoxy groups -OCH3 is 2. The van der Waals surface area contributed by atoms with Gasteiger partial charge in [-0.25, -0.2) is 13.8 Å². The van der Waals surface area contributed by atoms with Crippen molar-refractivity contribution in [3.05, 3.63) is 78.3 Å². The highest BCUT2D eigenvalue weighted by molar-refractivity contribution is 7.85. The molecule has 0 amide bonds. The van der Waals surface area contributed by atoms with Crippen LogP contribution in [-0.4, -0.2) is 67.1 Å². The molecular weight excluding hydrogens is 596 g/mol. The number of nitrogens with zero attached hydrogens (tertiary/aromatic N) is 3. The Balaban J connectivity index is 1.42. The largest absolute Gasteiger partial charge is 0.493 e. The molecule has 1 atom stereocenters. The van der Waals surface area contributed by atoms with Crippen LogP contribution in [0.5, 0.6) is 17.2 Å². The molecule has 0 radical (unpaired) electrons. The van der Waals surface area contributed by atoms with Crippen LogP contribution in [0.25, 0.3) is 32.9 Å². The Kier molecular flexibility index (Phi) is 9.04. The normalized spacial score (nSPS) is 12.4. The molecule has 0 aliphatic rings. The average molecular weight is 626 g/mol. The maximum atomic E-state index is 13.8. The number of fused-ring (bicyclic) bond motifs is 3. The number of ether oxygens (including phenoxy) is 3. The molecule has 3 heterocycles. The Morgan fingerprint density at radius 2 is 1.73 bits per heavy atom. The minimum atomic E-state index is -4.21. The van der Waals surface area contributed by atoms with E-state index in [-0.39, 0.29) is 25.4 Å². The zero-order chi connectivity index (χ0) is 31.4. The first-order valence-corrected chi connectivity index (χ1v) is 15.0. The van der Waals surface area contributed by atoms with E-state index in [0.717, 1.165) is 22.9 Å². The highest BCUT2D eigenvalue weighted by atomic mass is 32.2. The van der Waals surface area contributed by atoms with E-state index in [1.807, 2.05) is 12.1 Å². The summed E-state index contributed by atoms with van der Waals surface area (Å²) in [7, 11) is -1.11. The van der Waals surface area contributed by atoms with E-state index in [4.69, 9.17) is 24.5 Å². The maximum Gasteiger partial charge on any atom is 0.266 e. The monoisotopic (exact) mass is 625 g/mol. The van der Waals surface area contributed by atoms with Crippen LogP contribution in [0.2, 0.25) is 0 Å². The van der Waals surface area contributed by atoms with Gasteiger partial charge in [-0.3, -0.25) is 14.5 Å². The van der Waals surface area contributed by atoms with Gasteiger partial charge in [-0.1, -0.05) is 6.07 Å². The molecule has 0 saturated heterocycles. The molecule has 0 fully saturated rings. The van der Waals surface area contributed by atoms with Gasteiger partial charge < -0.3 is 25.3 Å². The number of anilines is 1. The van der Waals surface area contributed by atoms with Crippen molar-refractivity contribution in [3.8, 4) is 28.5 Å². The quantitative estimate of drug-likeness (QED) is 0.135. The van der Waals surface area contributed by atoms with Crippen molar-refractivity contribution in [3.63, 3.8) is 0 Å². The number of nitrogens with two attached hydrogens (primary N) is 1. The van der Waals surface area contributed by atoms with Gasteiger partial charge in [-0.05, 0) is 47.7 Å². The van der Waals surface area contributed by atoms with Gasteiger partial charge >= 0.3 is 0 Å². The first-order valence-electron chi connectivity index (χ1n) is 13.4. The Morgan fingerprint density at radius 3 is 2.45 bits per heavy atom. The molecule has 14 heteroatoms. The van der Waals surface area contributed by atoms with Crippen molar-refractivity contribution in [1.82, 2.24) is 20.3 Å². The number of rotatable bonds is 12. The molecule has 4 N–H and O–H groups in total. The lowest BCUT2D eigenvalue weighted by Gasteiger charge is -2.19. The molecule has 44 heavy (non-hydrogen) atoms. The number of hydrogen-bond donors (Lipinski definition) is 3. The van der Waals surface area contributed by atoms with E-state index in [0.29, 0.717) is 45.0 Å². The molecule has 0 aliphatic heterocycles. The summed E-state index contributed by atoms with van der Waals surface area (Å²) >= 11 is 0. The first-order chi connectivity index (χ1) is 21.0. The lowest BCUT2D eigenvalue weighted by atomic mass is 10.0. The third-order valence-electron chi connectivity index (χ3n) is 6.93. The smallest absolute Gasteiger partial charge is 0.266 e. The van der Waals surface area contributed by atoms with Crippen LogP contribution < -0.4 is 25.3 Å². The Hall–Kier alpha value is -4.66. The van der Waals surface area contributed by atoms with Crippen LogP contribution in [0.1, 0.15) is 5.56 Å². The standard InChI is InChI=1S/C30H29F2N5O6S/c1-41-28-11-22-21-10-26(37-30(33)23(21)15-36-27(22)12-29(28)42-2)18-9-20(14-34-13-18)43-16-19(35-5-6-44(38,39)40)7-17-3-4-24(31)25(32)8-17/h3-4,8-15,19,35H,5-7,16H2,1-2H3,(H2,33,37)(H,38,39,40). The minimum absolute atomic E-state index is 0.0147. The van der Waals surface area contributed by atoms with Crippen molar-refractivity contribution in [1.29, 1.82) is 0 Å². The molecule has 3 aromatic heterocycles. The Labute approximate surface area is 251 Å². The number of nitrogen functional groups attached to an aromatic ring is 1. The van der Waals surface area contributed by atoms with Gasteiger partial charge in [0.2, 0.25) is 0 Å². The van der Waals surface area contributed by atoms with Gasteiger partial charge in [-0.2, -0.15) is 8.42 Å². The summed E-state index contributed by atoms with van der Waals surface area (Å²) in [5.74, 6) is -0.792. The zero-order valence-electron chi connectivity index (χ0n) is 23.8. The van der Waals surface area contributed by atoms with Crippen LogP contribution in [0.4, 0.5) is 14.6 Å². The summed E-state index contributed by atoms with van der Waals surface area (Å²) < 4.78 is 75.6. The minimum Gasteiger partial charge on any atom is -0.493 e. The van der Waals surface area contributed by atoms with Crippen LogP contribution >= 0.6 is 0 Å². The highest BCUT2D eigenvalue weighted by Gasteiger charge is 2.16. The molecule has 230 valence electrons. The molecule has 1 unspecified atom stereocenters. The van der Waals surface area contributed by atoms with E-state index in [1.165, 1.54) is 12.3 Å². The van der Waals surface area contributed by atoms with Crippen molar-refractivity contribution in [2.24, 2.45) is 0 Å². The molecule has 5 aromatic rings. The van der Waals surface area contributed by atoms with Gasteiger partial charge in [-0.15, -0.1) is 0 Å². The van der Waals surface area contributed by atoms with Gasteiger partial charge in [0.05, 0.1) is 37.4 Å². The SMILES string of the molecule is COc1cc2ncc3c(N)nc(-c4cncc(OCC(Cc5ccc(F)c(F)c5)NCCS(=O)(=O)O)c4)cc3c2cc1OC. The summed E-state index contributed by atoms with van der Waals surface area (Å²) in [6.07, 6.45) is 4.94. The second-order valence-electron chi connectivity index (χ2n) is 9.95. The van der Waals surface area contributed by atoms with Gasteiger partial charge in [0.15, 0.2) is 23.1 Å². The third-order valence-corrected chi connectivity index (χ3v) is 7.65. The lowest BCUT2D eigenvalue weighted by Crippen LogP contribution is -2.39. The van der Waals surface area contributed by atoms with Crippen molar-refractivity contribution >= 4 is 37.6 Å². The number of hydrogen-bond acceptors (Lipinski definition) is 10. The fourth-order valence-electron chi connectivity index (χ4n) is 4.77. The summed E-state index contributed by atoms with van der Waals surface area (Å²) in [6.45, 7) is -0.0740.